The third kappa shape index (κ3) is 5.27. The minimum absolute atomic E-state index is 0.0225. The fraction of sp³-hybridized carbons (Fsp3) is 0.370. The van der Waals surface area contributed by atoms with Gasteiger partial charge in [-0.25, -0.2) is 27.8 Å². The van der Waals surface area contributed by atoms with Gasteiger partial charge in [0.05, 0.1) is 30.3 Å². The molecular formula is C27H31FN8O2S2. The van der Waals surface area contributed by atoms with Crippen molar-refractivity contribution in [3.05, 3.63) is 84.5 Å². The van der Waals surface area contributed by atoms with E-state index in [9.17, 15) is 12.8 Å². The molecule has 0 aliphatic carbocycles. The molecule has 0 amide bonds. The third-order valence-electron chi connectivity index (χ3n) is 7.68. The van der Waals surface area contributed by atoms with Gasteiger partial charge < -0.3 is 14.8 Å². The zero-order chi connectivity index (χ0) is 27.9. The lowest BCUT2D eigenvalue weighted by Crippen LogP contribution is -2.63. The van der Waals surface area contributed by atoms with Crippen LogP contribution in [0.3, 0.4) is 0 Å². The fourth-order valence-electron chi connectivity index (χ4n) is 5.64. The van der Waals surface area contributed by atoms with Crippen molar-refractivity contribution in [3.8, 4) is 0 Å². The van der Waals surface area contributed by atoms with Gasteiger partial charge in [-0.3, -0.25) is 4.90 Å². The molecule has 1 aromatic carbocycles. The van der Waals surface area contributed by atoms with Crippen molar-refractivity contribution in [2.24, 2.45) is 0 Å². The van der Waals surface area contributed by atoms with E-state index in [0.717, 1.165) is 35.7 Å². The molecular weight excluding hydrogens is 551 g/mol. The first-order chi connectivity index (χ1) is 19.3. The molecule has 0 bridgehead atoms. The lowest BCUT2D eigenvalue weighted by Gasteiger charge is -2.50. The van der Waals surface area contributed by atoms with Crippen LogP contribution in [0.2, 0.25) is 0 Å². The summed E-state index contributed by atoms with van der Waals surface area (Å²) in [5.74, 6) is 0.351. The van der Waals surface area contributed by atoms with Crippen molar-refractivity contribution in [2.45, 2.75) is 29.3 Å². The van der Waals surface area contributed by atoms with Crippen LogP contribution in [0.25, 0.3) is 0 Å². The Bertz CT molecular complexity index is 1560. The molecule has 2 aliphatic rings. The molecule has 5 heterocycles. The molecule has 4 aromatic rings. The number of hydrogen-bond acceptors (Lipinski definition) is 9. The first-order valence-electron chi connectivity index (χ1n) is 13.1. The predicted octanol–water partition coefficient (Wildman–Crippen LogP) is 3.59. The van der Waals surface area contributed by atoms with Crippen molar-refractivity contribution in [1.82, 2.24) is 33.6 Å². The number of nitrogens with zero attached hydrogens (tertiary/aromatic N) is 7. The largest absolute Gasteiger partial charge is 0.326 e. The molecule has 0 spiro atoms. The summed E-state index contributed by atoms with van der Waals surface area (Å²) in [6.45, 7) is 5.05. The van der Waals surface area contributed by atoms with E-state index in [2.05, 4.69) is 48.6 Å². The van der Waals surface area contributed by atoms with Crippen molar-refractivity contribution in [2.75, 3.05) is 45.1 Å². The highest BCUT2D eigenvalue weighted by atomic mass is 32.2. The van der Waals surface area contributed by atoms with E-state index >= 15 is 0 Å². The van der Waals surface area contributed by atoms with E-state index in [1.54, 1.807) is 28.7 Å². The van der Waals surface area contributed by atoms with Gasteiger partial charge in [-0.15, -0.1) is 0 Å². The average molecular weight is 583 g/mol. The number of likely N-dealkylation sites (N-methyl/N-ethyl adjacent to an activating group) is 1. The molecule has 2 aliphatic heterocycles. The summed E-state index contributed by atoms with van der Waals surface area (Å²) in [5, 5.41) is 3.56. The number of rotatable bonds is 7. The van der Waals surface area contributed by atoms with Gasteiger partial charge in [-0.2, -0.15) is 4.31 Å². The van der Waals surface area contributed by atoms with Crippen LogP contribution in [0, 0.1) is 5.82 Å². The molecule has 2 fully saturated rings. The summed E-state index contributed by atoms with van der Waals surface area (Å²) in [4.78, 5) is 17.6. The number of pyridine rings is 1. The highest BCUT2D eigenvalue weighted by Gasteiger charge is 2.42. The SMILES string of the molecule is CC(c1ccc(F)cc1)n1cncc1C1CN(C)CC2CN(S(=O)(=O)c3cnc(Nc4ccccn4)s3)CCN21. The Kier molecular flexibility index (Phi) is 7.40. The van der Waals surface area contributed by atoms with Gasteiger partial charge in [0.1, 0.15) is 11.6 Å². The number of anilines is 2. The number of halogens is 1. The van der Waals surface area contributed by atoms with Crippen LogP contribution in [0.1, 0.15) is 30.3 Å². The lowest BCUT2D eigenvalue weighted by molar-refractivity contribution is -0.00314. The summed E-state index contributed by atoms with van der Waals surface area (Å²) < 4.78 is 44.7. The first kappa shape index (κ1) is 27.0. The number of aromatic nitrogens is 4. The molecule has 3 unspecified atom stereocenters. The number of fused-ring (bicyclic) bond motifs is 1. The van der Waals surface area contributed by atoms with Crippen molar-refractivity contribution < 1.29 is 12.8 Å². The summed E-state index contributed by atoms with van der Waals surface area (Å²) in [7, 11) is -1.63. The van der Waals surface area contributed by atoms with Crippen molar-refractivity contribution >= 4 is 32.3 Å². The molecule has 0 saturated carbocycles. The number of hydrogen-bond donors (Lipinski definition) is 1. The molecule has 13 heteroatoms. The second-order valence-electron chi connectivity index (χ2n) is 10.3. The van der Waals surface area contributed by atoms with Gasteiger partial charge in [-0.05, 0) is 43.8 Å². The Balaban J connectivity index is 1.20. The number of thiazole rings is 1. The maximum atomic E-state index is 13.6. The maximum absolute atomic E-state index is 13.6. The average Bonchev–Trinajstić information content (AvgIpc) is 3.63. The van der Waals surface area contributed by atoms with E-state index < -0.39 is 10.0 Å². The Morgan fingerprint density at radius 3 is 2.65 bits per heavy atom. The van der Waals surface area contributed by atoms with Crippen LogP contribution >= 0.6 is 11.3 Å². The van der Waals surface area contributed by atoms with Gasteiger partial charge in [0, 0.05) is 51.2 Å². The molecule has 10 nitrogen and oxygen atoms in total. The summed E-state index contributed by atoms with van der Waals surface area (Å²) in [6, 6.07) is 12.1. The number of imidazole rings is 1. The normalized spacial score (nSPS) is 21.7. The van der Waals surface area contributed by atoms with Gasteiger partial charge in [0.2, 0.25) is 0 Å². The minimum Gasteiger partial charge on any atom is -0.326 e. The van der Waals surface area contributed by atoms with Crippen LogP contribution in [0.15, 0.2) is 71.6 Å². The minimum atomic E-state index is -3.70. The van der Waals surface area contributed by atoms with E-state index in [4.69, 9.17) is 0 Å². The Labute approximate surface area is 237 Å². The molecule has 40 heavy (non-hydrogen) atoms. The predicted molar refractivity (Wildman–Crippen MR) is 152 cm³/mol. The van der Waals surface area contributed by atoms with Gasteiger partial charge >= 0.3 is 0 Å². The van der Waals surface area contributed by atoms with Gasteiger partial charge in [0.15, 0.2) is 9.34 Å². The Morgan fingerprint density at radius 2 is 1.88 bits per heavy atom. The van der Waals surface area contributed by atoms with Gasteiger partial charge in [-0.1, -0.05) is 29.5 Å². The highest BCUT2D eigenvalue weighted by Crippen LogP contribution is 2.35. The zero-order valence-corrected chi connectivity index (χ0v) is 23.9. The topological polar surface area (TPSA) is 99.5 Å². The summed E-state index contributed by atoms with van der Waals surface area (Å²) in [5.41, 5.74) is 2.07. The summed E-state index contributed by atoms with van der Waals surface area (Å²) in [6.07, 6.45) is 6.81. The first-order valence-corrected chi connectivity index (χ1v) is 15.4. The molecule has 0 radical (unpaired) electrons. The molecule has 3 aromatic heterocycles. The van der Waals surface area contributed by atoms with E-state index in [1.165, 1.54) is 18.3 Å². The van der Waals surface area contributed by atoms with Gasteiger partial charge in [0.25, 0.3) is 10.0 Å². The van der Waals surface area contributed by atoms with Crippen LogP contribution in [-0.4, -0.2) is 87.9 Å². The number of piperazine rings is 2. The van der Waals surface area contributed by atoms with Crippen LogP contribution < -0.4 is 5.32 Å². The lowest BCUT2D eigenvalue weighted by atomic mass is 10.0. The van der Waals surface area contributed by atoms with E-state index in [-0.39, 0.29) is 28.2 Å². The molecule has 6 rings (SSSR count). The molecule has 2 saturated heterocycles. The van der Waals surface area contributed by atoms with Crippen LogP contribution in [0.5, 0.6) is 0 Å². The maximum Gasteiger partial charge on any atom is 0.254 e. The van der Waals surface area contributed by atoms with Crippen LogP contribution in [0.4, 0.5) is 15.3 Å². The Hall–Kier alpha value is -3.23. The smallest absolute Gasteiger partial charge is 0.254 e. The summed E-state index contributed by atoms with van der Waals surface area (Å²) >= 11 is 1.11. The quantitative estimate of drug-likeness (QED) is 0.353. The fourth-order valence-corrected chi connectivity index (χ4v) is 8.30. The second-order valence-corrected chi connectivity index (χ2v) is 13.5. The number of nitrogens with one attached hydrogen (secondary N) is 1. The van der Waals surface area contributed by atoms with Crippen molar-refractivity contribution in [1.29, 1.82) is 0 Å². The molecule has 3 atom stereocenters. The molecule has 1 N–H and O–H groups in total. The molecule has 210 valence electrons. The zero-order valence-electron chi connectivity index (χ0n) is 22.3. The number of benzene rings is 1. The number of sulfonamides is 1. The van der Waals surface area contributed by atoms with E-state index in [1.807, 2.05) is 24.7 Å². The second kappa shape index (κ2) is 11.0. The van der Waals surface area contributed by atoms with E-state index in [0.29, 0.717) is 30.6 Å². The monoisotopic (exact) mass is 582 g/mol. The van der Waals surface area contributed by atoms with Crippen molar-refractivity contribution in [3.63, 3.8) is 0 Å². The highest BCUT2D eigenvalue weighted by molar-refractivity contribution is 7.91. The van der Waals surface area contributed by atoms with Crippen LogP contribution in [-0.2, 0) is 10.0 Å². The standard InChI is InChI=1S/C27H31FN8O2S2/c1-19(20-6-8-21(28)9-7-20)36-18-29-13-23(36)24-17-33(2)15-22-16-34(11-12-35(22)24)40(37,38)26-14-31-27(39-26)32-25-5-3-4-10-30-25/h3-10,13-14,18-19,22,24H,11-12,15-17H2,1-2H3,(H,30,31,32). The third-order valence-corrected chi connectivity index (χ3v) is 10.9. The Morgan fingerprint density at radius 1 is 1.05 bits per heavy atom.